The fraction of sp³-hybridized carbons (Fsp3) is 0.154. The van der Waals surface area contributed by atoms with E-state index in [1.54, 1.807) is 11.3 Å². The molecule has 3 heteroatoms. The molecule has 2 rings (SSSR count). The van der Waals surface area contributed by atoms with Crippen molar-refractivity contribution in [3.63, 3.8) is 0 Å². The number of hydrogen-bond donors (Lipinski definition) is 1. The average molecular weight is 231 g/mol. The second-order valence-corrected chi connectivity index (χ2v) is 4.90. The van der Waals surface area contributed by atoms with Crippen molar-refractivity contribution in [2.45, 2.75) is 13.3 Å². The van der Waals surface area contributed by atoms with Crippen LogP contribution in [-0.4, -0.2) is 5.78 Å². The van der Waals surface area contributed by atoms with Gasteiger partial charge in [-0.25, -0.2) is 0 Å². The van der Waals surface area contributed by atoms with Gasteiger partial charge >= 0.3 is 0 Å². The smallest absolute Gasteiger partial charge is 0.168 e. The molecule has 0 radical (unpaired) electrons. The fourth-order valence-electron chi connectivity index (χ4n) is 1.51. The van der Waals surface area contributed by atoms with E-state index in [0.29, 0.717) is 6.42 Å². The van der Waals surface area contributed by atoms with Crippen LogP contribution in [0.25, 0.3) is 0 Å². The molecule has 0 aliphatic heterocycles. The zero-order valence-corrected chi connectivity index (χ0v) is 9.88. The number of ketones is 1. The number of rotatable bonds is 3. The summed E-state index contributed by atoms with van der Waals surface area (Å²) in [6.07, 6.45) is 0.441. The summed E-state index contributed by atoms with van der Waals surface area (Å²) < 4.78 is 0. The topological polar surface area (TPSA) is 43.1 Å². The third kappa shape index (κ3) is 2.49. The number of carbonyl (C=O) groups excluding carboxylic acids is 1. The van der Waals surface area contributed by atoms with E-state index in [0.717, 1.165) is 16.8 Å². The van der Waals surface area contributed by atoms with Gasteiger partial charge < -0.3 is 5.73 Å². The van der Waals surface area contributed by atoms with Crippen molar-refractivity contribution in [3.8, 4) is 0 Å². The van der Waals surface area contributed by atoms with Crippen molar-refractivity contribution in [2.24, 2.45) is 0 Å². The van der Waals surface area contributed by atoms with Gasteiger partial charge in [0.15, 0.2) is 5.78 Å². The number of hydrogen-bond acceptors (Lipinski definition) is 3. The Balaban J connectivity index is 2.10. The van der Waals surface area contributed by atoms with E-state index in [4.69, 9.17) is 5.73 Å². The standard InChI is InChI=1S/C13H13NOS/c1-9-6-11(8-16-9)13(15)7-10-2-4-12(14)5-3-10/h2-6,8H,7,14H2,1H3. The van der Waals surface area contributed by atoms with E-state index in [1.807, 2.05) is 42.6 Å². The predicted molar refractivity (Wildman–Crippen MR) is 67.9 cm³/mol. The average Bonchev–Trinajstić information content (AvgIpc) is 2.68. The molecule has 0 aliphatic rings. The van der Waals surface area contributed by atoms with E-state index in [9.17, 15) is 4.79 Å². The maximum atomic E-state index is 11.9. The summed E-state index contributed by atoms with van der Waals surface area (Å²) in [5.74, 6) is 0.161. The van der Waals surface area contributed by atoms with Crippen molar-refractivity contribution in [2.75, 3.05) is 5.73 Å². The van der Waals surface area contributed by atoms with Crippen LogP contribution in [0.4, 0.5) is 5.69 Å². The van der Waals surface area contributed by atoms with Gasteiger partial charge in [0.05, 0.1) is 0 Å². The molecule has 1 aromatic carbocycles. The Morgan fingerprint density at radius 2 is 2.00 bits per heavy atom. The van der Waals surface area contributed by atoms with E-state index in [-0.39, 0.29) is 5.78 Å². The minimum Gasteiger partial charge on any atom is -0.399 e. The molecule has 0 atom stereocenters. The number of aryl methyl sites for hydroxylation is 1. The Morgan fingerprint density at radius 3 is 2.56 bits per heavy atom. The quantitative estimate of drug-likeness (QED) is 0.651. The van der Waals surface area contributed by atoms with Gasteiger partial charge in [-0.15, -0.1) is 11.3 Å². The first-order valence-corrected chi connectivity index (χ1v) is 5.96. The Hall–Kier alpha value is -1.61. The van der Waals surface area contributed by atoms with Gasteiger partial charge in [0.2, 0.25) is 0 Å². The van der Waals surface area contributed by atoms with Crippen molar-refractivity contribution in [3.05, 3.63) is 51.7 Å². The van der Waals surface area contributed by atoms with Crippen LogP contribution in [0, 0.1) is 6.92 Å². The number of Topliss-reactive ketones (excluding diaryl/α,β-unsaturated/α-hetero) is 1. The highest BCUT2D eigenvalue weighted by molar-refractivity contribution is 7.10. The van der Waals surface area contributed by atoms with Gasteiger partial charge in [0.25, 0.3) is 0 Å². The highest BCUT2D eigenvalue weighted by atomic mass is 32.1. The zero-order valence-electron chi connectivity index (χ0n) is 9.07. The second kappa shape index (κ2) is 4.49. The summed E-state index contributed by atoms with van der Waals surface area (Å²) in [7, 11) is 0. The molecule has 2 aromatic rings. The van der Waals surface area contributed by atoms with Crippen LogP contribution in [0.5, 0.6) is 0 Å². The third-order valence-corrected chi connectivity index (χ3v) is 3.26. The number of benzene rings is 1. The van der Waals surface area contributed by atoms with Gasteiger partial charge in [-0.1, -0.05) is 12.1 Å². The monoisotopic (exact) mass is 231 g/mol. The van der Waals surface area contributed by atoms with Crippen molar-refractivity contribution >= 4 is 22.8 Å². The van der Waals surface area contributed by atoms with Crippen molar-refractivity contribution in [1.29, 1.82) is 0 Å². The normalized spacial score (nSPS) is 10.3. The molecular formula is C13H13NOS. The fourth-order valence-corrected chi connectivity index (χ4v) is 2.22. The molecule has 0 unspecified atom stereocenters. The van der Waals surface area contributed by atoms with Gasteiger partial charge in [-0.05, 0) is 30.7 Å². The molecular weight excluding hydrogens is 218 g/mol. The number of thiophene rings is 1. The first-order chi connectivity index (χ1) is 7.65. The van der Waals surface area contributed by atoms with Crippen LogP contribution < -0.4 is 5.73 Å². The molecule has 16 heavy (non-hydrogen) atoms. The molecule has 1 aromatic heterocycles. The lowest BCUT2D eigenvalue weighted by Crippen LogP contribution is -2.02. The summed E-state index contributed by atoms with van der Waals surface area (Å²) >= 11 is 1.60. The third-order valence-electron chi connectivity index (χ3n) is 2.40. The Kier molecular flexibility index (Phi) is 3.06. The summed E-state index contributed by atoms with van der Waals surface area (Å²) in [6, 6.07) is 9.37. The Bertz CT molecular complexity index is 499. The van der Waals surface area contributed by atoms with Crippen LogP contribution in [-0.2, 0) is 6.42 Å². The molecule has 2 N–H and O–H groups in total. The van der Waals surface area contributed by atoms with Crippen LogP contribution in [0.3, 0.4) is 0 Å². The molecule has 2 nitrogen and oxygen atoms in total. The number of nitrogens with two attached hydrogens (primary N) is 1. The SMILES string of the molecule is Cc1cc(C(=O)Cc2ccc(N)cc2)cs1. The summed E-state index contributed by atoms with van der Waals surface area (Å²) in [6.45, 7) is 2.00. The van der Waals surface area contributed by atoms with Gasteiger partial charge in [-0.3, -0.25) is 4.79 Å². The van der Waals surface area contributed by atoms with Crippen LogP contribution in [0.1, 0.15) is 20.8 Å². The molecule has 0 saturated carbocycles. The molecule has 0 fully saturated rings. The Labute approximate surface area is 98.7 Å². The largest absolute Gasteiger partial charge is 0.399 e. The van der Waals surface area contributed by atoms with Crippen molar-refractivity contribution < 1.29 is 4.79 Å². The first kappa shape index (κ1) is 10.9. The number of carbonyl (C=O) groups is 1. The van der Waals surface area contributed by atoms with Crippen LogP contribution >= 0.6 is 11.3 Å². The summed E-state index contributed by atoms with van der Waals surface area (Å²) in [5.41, 5.74) is 8.12. The molecule has 0 amide bonds. The molecule has 0 aliphatic carbocycles. The van der Waals surface area contributed by atoms with Crippen LogP contribution in [0.2, 0.25) is 0 Å². The highest BCUT2D eigenvalue weighted by Crippen LogP contribution is 2.16. The van der Waals surface area contributed by atoms with E-state index < -0.39 is 0 Å². The maximum absolute atomic E-state index is 11.9. The molecule has 0 saturated heterocycles. The number of anilines is 1. The number of nitrogen functional groups attached to an aromatic ring is 1. The first-order valence-electron chi connectivity index (χ1n) is 5.08. The predicted octanol–water partition coefficient (Wildman–Crippen LogP) is 3.06. The van der Waals surface area contributed by atoms with Gasteiger partial charge in [0, 0.05) is 27.9 Å². The van der Waals surface area contributed by atoms with E-state index >= 15 is 0 Å². The lowest BCUT2D eigenvalue weighted by Gasteiger charge is -2.00. The zero-order chi connectivity index (χ0) is 11.5. The van der Waals surface area contributed by atoms with Crippen molar-refractivity contribution in [1.82, 2.24) is 0 Å². The van der Waals surface area contributed by atoms with Crippen LogP contribution in [0.15, 0.2) is 35.7 Å². The molecule has 1 heterocycles. The lowest BCUT2D eigenvalue weighted by molar-refractivity contribution is 0.0993. The molecule has 82 valence electrons. The minimum absolute atomic E-state index is 0.161. The minimum atomic E-state index is 0.161. The van der Waals surface area contributed by atoms with Gasteiger partial charge in [0.1, 0.15) is 0 Å². The Morgan fingerprint density at radius 1 is 1.31 bits per heavy atom. The molecule has 0 spiro atoms. The highest BCUT2D eigenvalue weighted by Gasteiger charge is 2.08. The lowest BCUT2D eigenvalue weighted by atomic mass is 10.0. The molecule has 0 bridgehead atoms. The summed E-state index contributed by atoms with van der Waals surface area (Å²) in [4.78, 5) is 13.1. The van der Waals surface area contributed by atoms with E-state index in [2.05, 4.69) is 0 Å². The van der Waals surface area contributed by atoms with Gasteiger partial charge in [-0.2, -0.15) is 0 Å². The van der Waals surface area contributed by atoms with E-state index in [1.165, 1.54) is 4.88 Å². The maximum Gasteiger partial charge on any atom is 0.168 e. The summed E-state index contributed by atoms with van der Waals surface area (Å²) in [5, 5.41) is 1.91. The second-order valence-electron chi connectivity index (χ2n) is 3.79.